The minimum absolute atomic E-state index is 0.133. The molecule has 0 aliphatic rings. The van der Waals surface area contributed by atoms with Crippen LogP contribution in [0.25, 0.3) is 0 Å². The minimum atomic E-state index is -0.589. The van der Waals surface area contributed by atoms with Crippen LogP contribution in [-0.2, 0) is 6.54 Å². The maximum Gasteiger partial charge on any atom is 0.253 e. The van der Waals surface area contributed by atoms with Crippen molar-refractivity contribution in [2.45, 2.75) is 20.4 Å². The molecule has 4 nitrogen and oxygen atoms in total. The van der Waals surface area contributed by atoms with Gasteiger partial charge in [-0.1, -0.05) is 6.07 Å². The first-order valence-corrected chi connectivity index (χ1v) is 6.55. The average molecular weight is 279 g/mol. The van der Waals surface area contributed by atoms with E-state index in [0.29, 0.717) is 6.54 Å². The lowest BCUT2D eigenvalue weighted by Crippen LogP contribution is -2.24. The van der Waals surface area contributed by atoms with E-state index in [1.807, 2.05) is 13.8 Å². The normalized spacial score (nSPS) is 10.5. The van der Waals surface area contributed by atoms with Gasteiger partial charge >= 0.3 is 0 Å². The quantitative estimate of drug-likeness (QED) is 0.848. The largest absolute Gasteiger partial charge is 0.396 e. The van der Waals surface area contributed by atoms with Gasteiger partial charge in [-0.15, -0.1) is 11.3 Å². The molecule has 0 bridgehead atoms. The second-order valence-electron chi connectivity index (χ2n) is 4.13. The molecule has 1 aromatic heterocycles. The number of aromatic nitrogens is 1. The number of hydrogen-bond acceptors (Lipinski definition) is 4. The lowest BCUT2D eigenvalue weighted by Gasteiger charge is -2.06. The molecule has 0 fully saturated rings. The highest BCUT2D eigenvalue weighted by molar-refractivity contribution is 7.11. The molecule has 1 amide bonds. The number of aryl methyl sites for hydroxylation is 2. The third-order valence-electron chi connectivity index (χ3n) is 2.77. The number of para-hydroxylation sites is 1. The Bertz CT molecular complexity index is 605. The SMILES string of the molecule is Cc1nc(CNC(=O)c2cccc(F)c2N)sc1C. The Hall–Kier alpha value is -1.95. The summed E-state index contributed by atoms with van der Waals surface area (Å²) in [5.74, 6) is -0.990. The molecule has 100 valence electrons. The standard InChI is InChI=1S/C13H14FN3OS/c1-7-8(2)19-11(17-7)6-16-13(18)9-4-3-5-10(14)12(9)15/h3-5H,6,15H2,1-2H3,(H,16,18). The Labute approximate surface area is 114 Å². The first-order chi connectivity index (χ1) is 8.99. The molecule has 1 aromatic carbocycles. The molecule has 3 N–H and O–H groups in total. The van der Waals surface area contributed by atoms with E-state index in [-0.39, 0.29) is 11.3 Å². The summed E-state index contributed by atoms with van der Waals surface area (Å²) in [6.45, 7) is 4.21. The summed E-state index contributed by atoms with van der Waals surface area (Å²) in [6, 6.07) is 4.17. The zero-order valence-electron chi connectivity index (χ0n) is 10.7. The smallest absolute Gasteiger partial charge is 0.253 e. The third kappa shape index (κ3) is 2.90. The van der Waals surface area contributed by atoms with Gasteiger partial charge in [0, 0.05) is 4.88 Å². The molecule has 19 heavy (non-hydrogen) atoms. The minimum Gasteiger partial charge on any atom is -0.396 e. The molecule has 1 heterocycles. The maximum absolute atomic E-state index is 13.2. The van der Waals surface area contributed by atoms with E-state index in [1.165, 1.54) is 29.5 Å². The first-order valence-electron chi connectivity index (χ1n) is 5.74. The van der Waals surface area contributed by atoms with Gasteiger partial charge in [-0.05, 0) is 26.0 Å². The number of benzene rings is 1. The van der Waals surface area contributed by atoms with Gasteiger partial charge in [-0.25, -0.2) is 9.37 Å². The highest BCUT2D eigenvalue weighted by Gasteiger charge is 2.13. The number of nitrogens with one attached hydrogen (secondary N) is 1. The van der Waals surface area contributed by atoms with Crippen molar-refractivity contribution in [3.63, 3.8) is 0 Å². The third-order valence-corrected chi connectivity index (χ3v) is 3.84. The number of carbonyl (C=O) groups is 1. The van der Waals surface area contributed by atoms with Gasteiger partial charge in [0.05, 0.1) is 23.5 Å². The van der Waals surface area contributed by atoms with Gasteiger partial charge in [-0.3, -0.25) is 4.79 Å². The summed E-state index contributed by atoms with van der Waals surface area (Å²) < 4.78 is 13.2. The van der Waals surface area contributed by atoms with Crippen LogP contribution >= 0.6 is 11.3 Å². The Morgan fingerprint density at radius 3 is 2.84 bits per heavy atom. The van der Waals surface area contributed by atoms with Crippen LogP contribution in [-0.4, -0.2) is 10.9 Å². The molecule has 0 aliphatic carbocycles. The number of rotatable bonds is 3. The van der Waals surface area contributed by atoms with Crippen LogP contribution in [0.15, 0.2) is 18.2 Å². The maximum atomic E-state index is 13.2. The molecule has 0 aliphatic heterocycles. The second-order valence-corrected chi connectivity index (χ2v) is 5.42. The monoisotopic (exact) mass is 279 g/mol. The van der Waals surface area contributed by atoms with E-state index in [1.54, 1.807) is 0 Å². The average Bonchev–Trinajstić information content (AvgIpc) is 2.69. The van der Waals surface area contributed by atoms with Crippen LogP contribution < -0.4 is 11.1 Å². The van der Waals surface area contributed by atoms with Gasteiger partial charge in [0.1, 0.15) is 10.8 Å². The van der Waals surface area contributed by atoms with E-state index >= 15 is 0 Å². The van der Waals surface area contributed by atoms with Crippen molar-refractivity contribution in [3.05, 3.63) is 45.2 Å². The summed E-state index contributed by atoms with van der Waals surface area (Å²) in [5, 5.41) is 3.50. The highest BCUT2D eigenvalue weighted by atomic mass is 32.1. The van der Waals surface area contributed by atoms with Gasteiger partial charge in [0.15, 0.2) is 0 Å². The summed E-state index contributed by atoms with van der Waals surface area (Å²) >= 11 is 1.53. The molecule has 6 heteroatoms. The zero-order chi connectivity index (χ0) is 14.0. The van der Waals surface area contributed by atoms with Crippen LogP contribution in [0.1, 0.15) is 25.9 Å². The molecule has 0 unspecified atom stereocenters. The number of nitrogens with two attached hydrogens (primary N) is 1. The van der Waals surface area contributed by atoms with Gasteiger partial charge in [0.2, 0.25) is 0 Å². The Balaban J connectivity index is 2.07. The Morgan fingerprint density at radius 1 is 1.47 bits per heavy atom. The molecular formula is C13H14FN3OS. The van der Waals surface area contributed by atoms with Crippen molar-refractivity contribution in [2.24, 2.45) is 0 Å². The number of anilines is 1. The van der Waals surface area contributed by atoms with Crippen molar-refractivity contribution in [1.29, 1.82) is 0 Å². The second kappa shape index (κ2) is 5.36. The number of thiazole rings is 1. The predicted octanol–water partition coefficient (Wildman–Crippen LogP) is 2.41. The van der Waals surface area contributed by atoms with Crippen LogP contribution in [0.3, 0.4) is 0 Å². The molecule has 0 saturated heterocycles. The fourth-order valence-corrected chi connectivity index (χ4v) is 2.47. The van der Waals surface area contributed by atoms with E-state index in [2.05, 4.69) is 10.3 Å². The van der Waals surface area contributed by atoms with Crippen molar-refractivity contribution in [2.75, 3.05) is 5.73 Å². The molecule has 0 atom stereocenters. The molecule has 0 spiro atoms. The number of amides is 1. The predicted molar refractivity (Wildman–Crippen MR) is 73.6 cm³/mol. The van der Waals surface area contributed by atoms with Crippen molar-refractivity contribution >= 4 is 22.9 Å². The van der Waals surface area contributed by atoms with Crippen LogP contribution in [0, 0.1) is 19.7 Å². The summed E-state index contributed by atoms with van der Waals surface area (Å²) in [6.07, 6.45) is 0. The topological polar surface area (TPSA) is 68.0 Å². The number of nitrogen functional groups attached to an aromatic ring is 1. The van der Waals surface area contributed by atoms with Gasteiger partial charge in [0.25, 0.3) is 5.91 Å². The van der Waals surface area contributed by atoms with Crippen molar-refractivity contribution < 1.29 is 9.18 Å². The van der Waals surface area contributed by atoms with Crippen LogP contribution in [0.4, 0.5) is 10.1 Å². The molecule has 0 saturated carbocycles. The molecular weight excluding hydrogens is 265 g/mol. The lowest BCUT2D eigenvalue weighted by molar-refractivity contribution is 0.0951. The van der Waals surface area contributed by atoms with Crippen molar-refractivity contribution in [1.82, 2.24) is 10.3 Å². The highest BCUT2D eigenvalue weighted by Crippen LogP contribution is 2.18. The number of nitrogens with zero attached hydrogens (tertiary/aromatic N) is 1. The van der Waals surface area contributed by atoms with Crippen molar-refractivity contribution in [3.8, 4) is 0 Å². The summed E-state index contributed by atoms with van der Waals surface area (Å²) in [5.41, 5.74) is 6.50. The molecule has 2 rings (SSSR count). The van der Waals surface area contributed by atoms with E-state index in [4.69, 9.17) is 5.73 Å². The number of carbonyl (C=O) groups excluding carboxylic acids is 1. The fraction of sp³-hybridized carbons (Fsp3) is 0.231. The number of hydrogen-bond donors (Lipinski definition) is 2. The Morgan fingerprint density at radius 2 is 2.21 bits per heavy atom. The van der Waals surface area contributed by atoms with E-state index < -0.39 is 11.7 Å². The molecule has 2 aromatic rings. The van der Waals surface area contributed by atoms with E-state index in [0.717, 1.165) is 15.6 Å². The van der Waals surface area contributed by atoms with Gasteiger partial charge < -0.3 is 11.1 Å². The zero-order valence-corrected chi connectivity index (χ0v) is 11.5. The fourth-order valence-electron chi connectivity index (χ4n) is 1.60. The van der Waals surface area contributed by atoms with Crippen LogP contribution in [0.2, 0.25) is 0 Å². The Kier molecular flexibility index (Phi) is 3.80. The summed E-state index contributed by atoms with van der Waals surface area (Å²) in [4.78, 5) is 17.3. The molecule has 0 radical (unpaired) electrons. The lowest BCUT2D eigenvalue weighted by atomic mass is 10.1. The number of halogens is 1. The van der Waals surface area contributed by atoms with Gasteiger partial charge in [-0.2, -0.15) is 0 Å². The van der Waals surface area contributed by atoms with Crippen LogP contribution in [0.5, 0.6) is 0 Å². The van der Waals surface area contributed by atoms with E-state index in [9.17, 15) is 9.18 Å². The first kappa shape index (κ1) is 13.5. The summed E-state index contributed by atoms with van der Waals surface area (Å²) in [7, 11) is 0.